The Morgan fingerprint density at radius 3 is 2.90 bits per heavy atom. The lowest BCUT2D eigenvalue weighted by atomic mass is 9.96. The molecule has 1 fully saturated rings. The van der Waals surface area contributed by atoms with Gasteiger partial charge in [-0.05, 0) is 69.3 Å². The number of benzene rings is 1. The van der Waals surface area contributed by atoms with Crippen LogP contribution < -0.4 is 15.5 Å². The summed E-state index contributed by atoms with van der Waals surface area (Å²) in [4.78, 5) is 15.0. The molecule has 0 bridgehead atoms. The summed E-state index contributed by atoms with van der Waals surface area (Å²) in [6, 6.07) is 10.7. The molecule has 2 aliphatic rings. The van der Waals surface area contributed by atoms with Crippen molar-refractivity contribution in [3.8, 4) is 0 Å². The van der Waals surface area contributed by atoms with Crippen LogP contribution in [0.4, 0.5) is 5.69 Å². The minimum absolute atomic E-state index is 0. The predicted octanol–water partition coefficient (Wildman–Crippen LogP) is 4.19. The molecule has 0 spiro atoms. The molecule has 29 heavy (non-hydrogen) atoms. The molecule has 0 saturated carbocycles. The van der Waals surface area contributed by atoms with Crippen LogP contribution in [0, 0.1) is 5.92 Å². The Balaban J connectivity index is 0.00000150. The summed E-state index contributed by atoms with van der Waals surface area (Å²) in [7, 11) is 0. The van der Waals surface area contributed by atoms with Gasteiger partial charge in [-0.2, -0.15) is 0 Å². The number of carbonyl (C=O) groups excluding carboxylic acids is 1. The maximum Gasteiger partial charge on any atom is 0.254 e. The van der Waals surface area contributed by atoms with E-state index in [2.05, 4.69) is 46.7 Å². The molecule has 2 N–H and O–H groups in total. The third-order valence-electron chi connectivity index (χ3n) is 5.89. The summed E-state index contributed by atoms with van der Waals surface area (Å²) >= 11 is 0. The van der Waals surface area contributed by atoms with Gasteiger partial charge in [0.15, 0.2) is 0 Å². The molecule has 7 heteroatoms. The Kier molecular flexibility index (Phi) is 8.87. The number of piperidine rings is 1. The fourth-order valence-electron chi connectivity index (χ4n) is 4.35. The number of para-hydroxylation sites is 1. The van der Waals surface area contributed by atoms with Crippen molar-refractivity contribution in [1.82, 2.24) is 10.6 Å². The molecule has 0 aliphatic carbocycles. The fraction of sp³-hybridized carbons (Fsp3) is 0.500. The number of nitrogens with zero attached hydrogens (tertiary/aromatic N) is 1. The van der Waals surface area contributed by atoms with Crippen LogP contribution in [0.1, 0.15) is 47.9 Å². The normalized spacial score (nSPS) is 20.4. The van der Waals surface area contributed by atoms with Crippen LogP contribution in [0.25, 0.3) is 0 Å². The van der Waals surface area contributed by atoms with Crippen molar-refractivity contribution in [3.63, 3.8) is 0 Å². The number of nitrogens with one attached hydrogen (secondary N) is 2. The third kappa shape index (κ3) is 5.47. The molecular weight excluding hydrogens is 409 g/mol. The number of fused-ring (bicyclic) bond motifs is 1. The zero-order chi connectivity index (χ0) is 18.6. The predicted molar refractivity (Wildman–Crippen MR) is 122 cm³/mol. The van der Waals surface area contributed by atoms with Crippen molar-refractivity contribution < 1.29 is 9.21 Å². The van der Waals surface area contributed by atoms with E-state index in [9.17, 15) is 4.79 Å². The number of hydrogen-bond donors (Lipinski definition) is 2. The second-order valence-electron chi connectivity index (χ2n) is 7.82. The number of amides is 1. The van der Waals surface area contributed by atoms with E-state index in [1.54, 1.807) is 12.3 Å². The van der Waals surface area contributed by atoms with Gasteiger partial charge in [0.05, 0.1) is 18.4 Å². The summed E-state index contributed by atoms with van der Waals surface area (Å²) in [5.41, 5.74) is 3.27. The molecule has 1 saturated heterocycles. The van der Waals surface area contributed by atoms with E-state index in [-0.39, 0.29) is 30.7 Å². The number of rotatable bonds is 6. The lowest BCUT2D eigenvalue weighted by Crippen LogP contribution is -2.33. The average molecular weight is 440 g/mol. The maximum absolute atomic E-state index is 12.7. The Bertz CT molecular complexity index is 790. The molecule has 160 valence electrons. The van der Waals surface area contributed by atoms with Crippen molar-refractivity contribution in [2.24, 2.45) is 5.92 Å². The van der Waals surface area contributed by atoms with Crippen molar-refractivity contribution in [3.05, 3.63) is 53.5 Å². The van der Waals surface area contributed by atoms with Gasteiger partial charge < -0.3 is 20.0 Å². The molecule has 1 aromatic carbocycles. The maximum atomic E-state index is 12.7. The van der Waals surface area contributed by atoms with Crippen LogP contribution in [0.2, 0.25) is 0 Å². The first kappa shape index (κ1) is 23.6. The monoisotopic (exact) mass is 439 g/mol. The average Bonchev–Trinajstić information content (AvgIpc) is 3.28. The van der Waals surface area contributed by atoms with E-state index in [0.29, 0.717) is 24.1 Å². The number of hydrogen-bond acceptors (Lipinski definition) is 4. The summed E-state index contributed by atoms with van der Waals surface area (Å²) in [6.45, 7) is 5.76. The summed E-state index contributed by atoms with van der Waals surface area (Å²) in [5, 5.41) is 6.51. The Labute approximate surface area is 185 Å². The van der Waals surface area contributed by atoms with Crippen LogP contribution in [0.15, 0.2) is 41.0 Å². The van der Waals surface area contributed by atoms with E-state index < -0.39 is 0 Å². The summed E-state index contributed by atoms with van der Waals surface area (Å²) in [5.74, 6) is 1.39. The lowest BCUT2D eigenvalue weighted by molar-refractivity contribution is 0.0948. The molecule has 0 radical (unpaired) electrons. The first-order valence-corrected chi connectivity index (χ1v) is 10.1. The van der Waals surface area contributed by atoms with Gasteiger partial charge in [-0.15, -0.1) is 24.8 Å². The zero-order valence-electron chi connectivity index (χ0n) is 16.9. The molecule has 1 amide bonds. The van der Waals surface area contributed by atoms with Gasteiger partial charge in [-0.3, -0.25) is 4.79 Å². The highest BCUT2D eigenvalue weighted by molar-refractivity contribution is 5.95. The largest absolute Gasteiger partial charge is 0.467 e. The van der Waals surface area contributed by atoms with Gasteiger partial charge >= 0.3 is 0 Å². The van der Waals surface area contributed by atoms with Gasteiger partial charge in [-0.25, -0.2) is 0 Å². The molecule has 3 heterocycles. The number of carbonyl (C=O) groups is 1. The van der Waals surface area contributed by atoms with Crippen LogP contribution in [0.3, 0.4) is 0 Å². The van der Waals surface area contributed by atoms with Gasteiger partial charge in [0.1, 0.15) is 5.76 Å². The minimum atomic E-state index is -0.0253. The SMILES string of the molecule is CC1Cc2ccccc2N1Cc1occc1C(=O)NCCC1CCCNC1.Cl.Cl. The second kappa shape index (κ2) is 10.9. The van der Waals surface area contributed by atoms with Crippen LogP contribution in [0.5, 0.6) is 0 Å². The van der Waals surface area contributed by atoms with Gasteiger partial charge in [-0.1, -0.05) is 18.2 Å². The Morgan fingerprint density at radius 1 is 1.28 bits per heavy atom. The van der Waals surface area contributed by atoms with Crippen molar-refractivity contribution in [1.29, 1.82) is 0 Å². The Morgan fingerprint density at radius 2 is 2.10 bits per heavy atom. The van der Waals surface area contributed by atoms with Crippen molar-refractivity contribution in [2.45, 2.75) is 45.2 Å². The third-order valence-corrected chi connectivity index (χ3v) is 5.89. The summed E-state index contributed by atoms with van der Waals surface area (Å²) < 4.78 is 5.69. The molecule has 2 atom stereocenters. The van der Waals surface area contributed by atoms with E-state index >= 15 is 0 Å². The van der Waals surface area contributed by atoms with E-state index in [1.807, 2.05) is 0 Å². The quantitative estimate of drug-likeness (QED) is 0.707. The molecule has 1 aromatic heterocycles. The van der Waals surface area contributed by atoms with Gasteiger partial charge in [0, 0.05) is 18.3 Å². The molecule has 2 aromatic rings. The highest BCUT2D eigenvalue weighted by Gasteiger charge is 2.28. The highest BCUT2D eigenvalue weighted by Crippen LogP contribution is 2.33. The Hall–Kier alpha value is -1.69. The van der Waals surface area contributed by atoms with E-state index in [0.717, 1.165) is 38.2 Å². The number of anilines is 1. The second-order valence-corrected chi connectivity index (χ2v) is 7.82. The van der Waals surface area contributed by atoms with Crippen LogP contribution >= 0.6 is 24.8 Å². The lowest BCUT2D eigenvalue weighted by Gasteiger charge is -2.24. The van der Waals surface area contributed by atoms with E-state index in [4.69, 9.17) is 4.42 Å². The molecule has 5 nitrogen and oxygen atoms in total. The topological polar surface area (TPSA) is 57.5 Å². The van der Waals surface area contributed by atoms with Crippen molar-refractivity contribution in [2.75, 3.05) is 24.5 Å². The smallest absolute Gasteiger partial charge is 0.254 e. The standard InChI is InChI=1S/C22H29N3O2.2ClH/c1-16-13-18-6-2-3-7-20(18)25(16)15-21-19(9-12-27-21)22(26)24-11-8-17-5-4-10-23-14-17;;/h2-3,6-7,9,12,16-17,23H,4-5,8,10-11,13-15H2,1H3,(H,24,26);2*1H. The van der Waals surface area contributed by atoms with Crippen LogP contribution in [-0.4, -0.2) is 31.6 Å². The van der Waals surface area contributed by atoms with Gasteiger partial charge in [0.2, 0.25) is 0 Å². The molecular formula is C22H31Cl2N3O2. The first-order chi connectivity index (χ1) is 13.2. The minimum Gasteiger partial charge on any atom is -0.467 e. The van der Waals surface area contributed by atoms with Gasteiger partial charge in [0.25, 0.3) is 5.91 Å². The van der Waals surface area contributed by atoms with Crippen molar-refractivity contribution >= 4 is 36.4 Å². The first-order valence-electron chi connectivity index (χ1n) is 10.1. The van der Waals surface area contributed by atoms with Crippen LogP contribution in [-0.2, 0) is 13.0 Å². The zero-order valence-corrected chi connectivity index (χ0v) is 18.5. The summed E-state index contributed by atoms with van der Waals surface area (Å²) in [6.07, 6.45) is 6.18. The molecule has 4 rings (SSSR count). The highest BCUT2D eigenvalue weighted by atomic mass is 35.5. The van der Waals surface area contributed by atoms with E-state index in [1.165, 1.54) is 24.1 Å². The molecule has 2 aliphatic heterocycles. The number of halogens is 2. The number of furan rings is 1. The fourth-order valence-corrected chi connectivity index (χ4v) is 4.35. The molecule has 2 unspecified atom stereocenters.